The van der Waals surface area contributed by atoms with Crippen LogP contribution in [0.15, 0.2) is 0 Å². The summed E-state index contributed by atoms with van der Waals surface area (Å²) in [4.78, 5) is 23.1. The van der Waals surface area contributed by atoms with E-state index >= 15 is 0 Å². The molecule has 0 aromatic carbocycles. The summed E-state index contributed by atoms with van der Waals surface area (Å²) in [6, 6.07) is 0. The van der Waals surface area contributed by atoms with Crippen LogP contribution in [0.3, 0.4) is 0 Å². The molecule has 4 rings (SSSR count). The van der Waals surface area contributed by atoms with Crippen molar-refractivity contribution in [2.45, 2.75) is 91.1 Å². The minimum atomic E-state index is -0.678. The van der Waals surface area contributed by atoms with Crippen molar-refractivity contribution in [3.05, 3.63) is 0 Å². The van der Waals surface area contributed by atoms with Gasteiger partial charge in [0.05, 0.1) is 6.10 Å². The molecule has 0 saturated heterocycles. The summed E-state index contributed by atoms with van der Waals surface area (Å²) in [5, 5.41) is 20.1. The van der Waals surface area contributed by atoms with Crippen LogP contribution in [0.5, 0.6) is 0 Å². The first-order chi connectivity index (χ1) is 13.2. The van der Waals surface area contributed by atoms with Crippen molar-refractivity contribution in [1.29, 1.82) is 0 Å². The van der Waals surface area contributed by atoms with Crippen LogP contribution in [0.2, 0.25) is 0 Å². The second kappa shape index (κ2) is 7.11. The number of carbonyl (C=O) groups excluding carboxylic acids is 1. The Morgan fingerprint density at radius 1 is 1.11 bits per heavy atom. The molecule has 0 amide bonds. The van der Waals surface area contributed by atoms with Gasteiger partial charge in [0.15, 0.2) is 0 Å². The molecule has 4 aliphatic rings. The molecule has 0 heterocycles. The van der Waals surface area contributed by atoms with Gasteiger partial charge in [0.1, 0.15) is 5.78 Å². The highest BCUT2D eigenvalue weighted by Gasteiger charge is 2.62. The van der Waals surface area contributed by atoms with Gasteiger partial charge < -0.3 is 10.2 Å². The lowest BCUT2D eigenvalue weighted by Crippen LogP contribution is -2.58. The summed E-state index contributed by atoms with van der Waals surface area (Å²) in [5.41, 5.74) is 0.225. The lowest BCUT2D eigenvalue weighted by Gasteiger charge is -2.61. The third-order valence-corrected chi connectivity index (χ3v) is 10.2. The van der Waals surface area contributed by atoms with E-state index in [1.165, 1.54) is 25.7 Å². The van der Waals surface area contributed by atoms with Crippen LogP contribution in [0.1, 0.15) is 85.0 Å². The predicted molar refractivity (Wildman–Crippen MR) is 108 cm³/mol. The van der Waals surface area contributed by atoms with Crippen LogP contribution < -0.4 is 0 Å². The van der Waals surface area contributed by atoms with Gasteiger partial charge in [0.25, 0.3) is 0 Å². The smallest absolute Gasteiger partial charge is 0.303 e. The van der Waals surface area contributed by atoms with Crippen molar-refractivity contribution in [2.75, 3.05) is 0 Å². The zero-order valence-corrected chi connectivity index (χ0v) is 17.8. The first-order valence-corrected chi connectivity index (χ1v) is 11.6. The van der Waals surface area contributed by atoms with E-state index in [-0.39, 0.29) is 17.6 Å². The Kier molecular flexibility index (Phi) is 5.17. The maximum absolute atomic E-state index is 12.1. The van der Waals surface area contributed by atoms with Crippen LogP contribution in [-0.4, -0.2) is 28.1 Å². The number of carboxylic acid groups (broad SMARTS) is 1. The first-order valence-electron chi connectivity index (χ1n) is 11.6. The zero-order valence-electron chi connectivity index (χ0n) is 17.8. The second-order valence-electron chi connectivity index (χ2n) is 11.1. The predicted octanol–water partition coefficient (Wildman–Crippen LogP) is 4.69. The van der Waals surface area contributed by atoms with Crippen molar-refractivity contribution >= 4 is 11.8 Å². The summed E-state index contributed by atoms with van der Waals surface area (Å²) >= 11 is 0. The number of carboxylic acids is 1. The lowest BCUT2D eigenvalue weighted by atomic mass is 9.44. The quantitative estimate of drug-likeness (QED) is 0.730. The lowest BCUT2D eigenvalue weighted by molar-refractivity contribution is -0.171. The number of aliphatic hydroxyl groups excluding tert-OH is 1. The van der Waals surface area contributed by atoms with Gasteiger partial charge in [0.2, 0.25) is 0 Å². The summed E-state index contributed by atoms with van der Waals surface area (Å²) in [6.45, 7) is 7.04. The summed E-state index contributed by atoms with van der Waals surface area (Å²) in [6.07, 6.45) is 8.78. The largest absolute Gasteiger partial charge is 0.481 e. The number of hydrogen-bond acceptors (Lipinski definition) is 3. The molecule has 0 aromatic heterocycles. The Bertz CT molecular complexity index is 645. The topological polar surface area (TPSA) is 74.6 Å². The number of aliphatic carboxylic acids is 1. The number of carbonyl (C=O) groups is 2. The first kappa shape index (κ1) is 20.4. The zero-order chi connectivity index (χ0) is 20.3. The van der Waals surface area contributed by atoms with E-state index in [1.807, 2.05) is 0 Å². The highest BCUT2D eigenvalue weighted by Crippen LogP contribution is 2.68. The highest BCUT2D eigenvalue weighted by atomic mass is 16.4. The van der Waals surface area contributed by atoms with Crippen molar-refractivity contribution < 1.29 is 19.8 Å². The average Bonchev–Trinajstić information content (AvgIpc) is 2.98. The molecule has 0 bridgehead atoms. The molecule has 4 aliphatic carbocycles. The Morgan fingerprint density at radius 3 is 2.57 bits per heavy atom. The van der Waals surface area contributed by atoms with Crippen LogP contribution in [0.4, 0.5) is 0 Å². The fraction of sp³-hybridized carbons (Fsp3) is 0.917. The molecule has 9 atom stereocenters. The van der Waals surface area contributed by atoms with Gasteiger partial charge in [-0.2, -0.15) is 0 Å². The molecule has 0 unspecified atom stereocenters. The molecule has 0 radical (unpaired) electrons. The van der Waals surface area contributed by atoms with E-state index in [1.54, 1.807) is 0 Å². The van der Waals surface area contributed by atoms with Crippen molar-refractivity contribution in [3.63, 3.8) is 0 Å². The fourth-order valence-corrected chi connectivity index (χ4v) is 8.63. The SMILES string of the molecule is C[C@H](CCC(=O)O)[C@H]1CC[C@H]2[C@@H]3CC[C@@H]4CC(=O)C[C@H](O)[C@]4(C)[C@H]3CC[C@]12C. The van der Waals surface area contributed by atoms with Gasteiger partial charge in [-0.15, -0.1) is 0 Å². The Balaban J connectivity index is 1.55. The second-order valence-corrected chi connectivity index (χ2v) is 11.1. The molecule has 4 fully saturated rings. The molecule has 4 saturated carbocycles. The van der Waals surface area contributed by atoms with Gasteiger partial charge in [-0.25, -0.2) is 0 Å². The molecule has 2 N–H and O–H groups in total. The van der Waals surface area contributed by atoms with E-state index in [0.29, 0.717) is 53.8 Å². The summed E-state index contributed by atoms with van der Waals surface area (Å²) in [5.74, 6) is 2.94. The minimum Gasteiger partial charge on any atom is -0.481 e. The van der Waals surface area contributed by atoms with Crippen molar-refractivity contribution in [3.8, 4) is 0 Å². The number of hydrogen-bond donors (Lipinski definition) is 2. The van der Waals surface area contributed by atoms with Gasteiger partial charge >= 0.3 is 5.97 Å². The van der Waals surface area contributed by atoms with E-state index in [2.05, 4.69) is 20.8 Å². The molecular weight excluding hydrogens is 352 g/mol. The molecule has 0 aliphatic heterocycles. The fourth-order valence-electron chi connectivity index (χ4n) is 8.63. The van der Waals surface area contributed by atoms with E-state index in [4.69, 9.17) is 5.11 Å². The van der Waals surface area contributed by atoms with Crippen LogP contribution in [-0.2, 0) is 9.59 Å². The van der Waals surface area contributed by atoms with Crippen LogP contribution in [0.25, 0.3) is 0 Å². The Hall–Kier alpha value is -0.900. The van der Waals surface area contributed by atoms with Crippen LogP contribution >= 0.6 is 0 Å². The Morgan fingerprint density at radius 2 is 1.86 bits per heavy atom. The highest BCUT2D eigenvalue weighted by molar-refractivity contribution is 5.80. The maximum Gasteiger partial charge on any atom is 0.303 e. The number of ketones is 1. The molecule has 158 valence electrons. The number of aliphatic hydroxyl groups is 1. The van der Waals surface area contributed by atoms with Gasteiger partial charge in [-0.3, -0.25) is 9.59 Å². The van der Waals surface area contributed by atoms with Crippen molar-refractivity contribution in [1.82, 2.24) is 0 Å². The minimum absolute atomic E-state index is 0.0921. The van der Waals surface area contributed by atoms with Crippen LogP contribution in [0, 0.1) is 46.3 Å². The third kappa shape index (κ3) is 2.97. The van der Waals surface area contributed by atoms with E-state index in [9.17, 15) is 14.7 Å². The van der Waals surface area contributed by atoms with Gasteiger partial charge in [0, 0.05) is 24.7 Å². The normalized spacial score (nSPS) is 49.1. The van der Waals surface area contributed by atoms with Gasteiger partial charge in [-0.05, 0) is 85.9 Å². The number of Topliss-reactive ketones (excluding diaryl/α,β-unsaturated/α-hetero) is 1. The molecule has 28 heavy (non-hydrogen) atoms. The molecule has 4 heteroatoms. The van der Waals surface area contributed by atoms with Gasteiger partial charge in [-0.1, -0.05) is 20.8 Å². The maximum atomic E-state index is 12.1. The number of fused-ring (bicyclic) bond motifs is 5. The van der Waals surface area contributed by atoms with E-state index in [0.717, 1.165) is 19.3 Å². The standard InChI is InChI=1S/C24H38O4/c1-14(4-9-22(27)28)18-7-8-19-17-6-5-15-12-16(25)13-21(26)24(15,3)20(17)10-11-23(18,19)2/h14-15,17-21,26H,4-13H2,1-3H3,(H,27,28)/t14-,15-,17+,18-,19+,20+,21+,23-,24+/m1/s1. The number of rotatable bonds is 4. The molecule has 0 spiro atoms. The molecule has 0 aromatic rings. The molecular formula is C24H38O4. The van der Waals surface area contributed by atoms with Crippen molar-refractivity contribution in [2.24, 2.45) is 46.3 Å². The third-order valence-electron chi connectivity index (χ3n) is 10.2. The average molecular weight is 391 g/mol. The Labute approximate surface area is 169 Å². The molecule has 4 nitrogen and oxygen atoms in total. The summed E-state index contributed by atoms with van der Waals surface area (Å²) in [7, 11) is 0. The summed E-state index contributed by atoms with van der Waals surface area (Å²) < 4.78 is 0. The van der Waals surface area contributed by atoms with E-state index < -0.39 is 12.1 Å². The monoisotopic (exact) mass is 390 g/mol.